The minimum atomic E-state index is -0.0499. The quantitative estimate of drug-likeness (QED) is 0.334. The maximum absolute atomic E-state index is 9.16. The lowest BCUT2D eigenvalue weighted by molar-refractivity contribution is 0.533. The molecule has 1 fully saturated rings. The Balaban J connectivity index is 3.54. The highest BCUT2D eigenvalue weighted by Gasteiger charge is 2.31. The van der Waals surface area contributed by atoms with Crippen molar-refractivity contribution in [2.24, 2.45) is 11.8 Å². The summed E-state index contributed by atoms with van der Waals surface area (Å²) in [6, 6.07) is 3.75. The van der Waals surface area contributed by atoms with Crippen LogP contribution in [0, 0.1) is 47.6 Å². The average Bonchev–Trinajstić information content (AvgIpc) is 2.93. The monoisotopic (exact) mass is 262 g/mol. The predicted octanol–water partition coefficient (Wildman–Crippen LogP) is 4.00. The Labute approximate surface area is 119 Å². The number of nitriles is 2. The van der Waals surface area contributed by atoms with E-state index in [1.165, 1.54) is 0 Å². The SMILES string of the molecule is [C-]#[N+]/C(C#N)=C(\C(C)=C(/C#N)[N+]#[C-])C1CCCC1C=C. The molecule has 1 aliphatic rings. The van der Waals surface area contributed by atoms with Crippen LogP contribution in [0.3, 0.4) is 0 Å². The van der Waals surface area contributed by atoms with Gasteiger partial charge in [-0.05, 0) is 42.7 Å². The van der Waals surface area contributed by atoms with Gasteiger partial charge >= 0.3 is 0 Å². The van der Waals surface area contributed by atoms with Gasteiger partial charge in [0.2, 0.25) is 0 Å². The highest BCUT2D eigenvalue weighted by atomic mass is 14.7. The molecule has 0 aromatic heterocycles. The molecule has 1 saturated carbocycles. The Bertz CT molecular complexity index is 606. The topological polar surface area (TPSA) is 56.3 Å². The Morgan fingerprint density at radius 3 is 2.25 bits per heavy atom. The Kier molecular flexibility index (Phi) is 5.29. The lowest BCUT2D eigenvalue weighted by Gasteiger charge is -2.21. The second-order valence-electron chi connectivity index (χ2n) is 4.62. The number of rotatable bonds is 3. The van der Waals surface area contributed by atoms with Crippen molar-refractivity contribution in [3.05, 3.63) is 58.0 Å². The van der Waals surface area contributed by atoms with Crippen LogP contribution in [-0.2, 0) is 0 Å². The number of hydrogen-bond donors (Lipinski definition) is 0. The minimum Gasteiger partial charge on any atom is -0.226 e. The van der Waals surface area contributed by atoms with Crippen LogP contribution < -0.4 is 0 Å². The highest BCUT2D eigenvalue weighted by Crippen LogP contribution is 2.42. The molecule has 2 unspecified atom stereocenters. The molecule has 0 N–H and O–H groups in total. The van der Waals surface area contributed by atoms with Crippen molar-refractivity contribution < 1.29 is 0 Å². The highest BCUT2D eigenvalue weighted by molar-refractivity contribution is 5.52. The van der Waals surface area contributed by atoms with E-state index in [-0.39, 0.29) is 23.2 Å². The molecule has 0 heterocycles. The zero-order valence-corrected chi connectivity index (χ0v) is 11.3. The van der Waals surface area contributed by atoms with Crippen LogP contribution >= 0.6 is 0 Å². The van der Waals surface area contributed by atoms with E-state index in [0.29, 0.717) is 11.1 Å². The molecule has 4 heteroatoms. The van der Waals surface area contributed by atoms with Gasteiger partial charge in [0.05, 0.1) is 25.3 Å². The molecule has 1 rings (SSSR count). The van der Waals surface area contributed by atoms with Gasteiger partial charge in [-0.25, -0.2) is 20.2 Å². The molecule has 0 radical (unpaired) electrons. The smallest absolute Gasteiger partial charge is 0.226 e. The van der Waals surface area contributed by atoms with Crippen molar-refractivity contribution in [3.8, 4) is 12.1 Å². The Morgan fingerprint density at radius 2 is 1.80 bits per heavy atom. The summed E-state index contributed by atoms with van der Waals surface area (Å²) in [5.41, 5.74) is 0.940. The van der Waals surface area contributed by atoms with E-state index in [9.17, 15) is 0 Å². The molecule has 0 amide bonds. The molecule has 0 bridgehead atoms. The molecule has 20 heavy (non-hydrogen) atoms. The van der Waals surface area contributed by atoms with Gasteiger partial charge in [-0.15, -0.1) is 6.58 Å². The number of hydrogen-bond acceptors (Lipinski definition) is 2. The van der Waals surface area contributed by atoms with E-state index in [2.05, 4.69) is 16.3 Å². The van der Waals surface area contributed by atoms with Gasteiger partial charge in [0.25, 0.3) is 11.4 Å². The van der Waals surface area contributed by atoms with Crippen LogP contribution in [0.25, 0.3) is 9.69 Å². The van der Waals surface area contributed by atoms with E-state index in [4.69, 9.17) is 23.7 Å². The zero-order chi connectivity index (χ0) is 15.1. The molecule has 0 saturated heterocycles. The molecular formula is C16H14N4. The maximum Gasteiger partial charge on any atom is 0.264 e. The Hall–Kier alpha value is -2.82. The van der Waals surface area contributed by atoms with E-state index in [1.807, 2.05) is 18.2 Å². The first-order valence-electron chi connectivity index (χ1n) is 6.27. The summed E-state index contributed by atoms with van der Waals surface area (Å²) in [6.45, 7) is 19.7. The molecule has 0 aromatic rings. The van der Waals surface area contributed by atoms with E-state index in [1.54, 1.807) is 6.92 Å². The van der Waals surface area contributed by atoms with Crippen LogP contribution in [-0.4, -0.2) is 0 Å². The molecule has 0 spiro atoms. The fourth-order valence-corrected chi connectivity index (χ4v) is 2.73. The van der Waals surface area contributed by atoms with Crippen LogP contribution in [0.15, 0.2) is 35.2 Å². The van der Waals surface area contributed by atoms with E-state index in [0.717, 1.165) is 19.3 Å². The summed E-state index contributed by atoms with van der Waals surface area (Å²) in [6.07, 6.45) is 4.64. The second-order valence-corrected chi connectivity index (χ2v) is 4.62. The predicted molar refractivity (Wildman–Crippen MR) is 75.2 cm³/mol. The van der Waals surface area contributed by atoms with Gasteiger partial charge in [0.1, 0.15) is 0 Å². The van der Waals surface area contributed by atoms with Gasteiger partial charge in [-0.1, -0.05) is 12.5 Å². The first-order valence-corrected chi connectivity index (χ1v) is 6.27. The third-order valence-corrected chi connectivity index (χ3v) is 3.69. The fourth-order valence-electron chi connectivity index (χ4n) is 2.73. The van der Waals surface area contributed by atoms with Gasteiger partial charge in [-0.3, -0.25) is 0 Å². The zero-order valence-electron chi connectivity index (χ0n) is 11.3. The molecule has 4 nitrogen and oxygen atoms in total. The van der Waals surface area contributed by atoms with Crippen molar-refractivity contribution in [1.82, 2.24) is 0 Å². The summed E-state index contributed by atoms with van der Waals surface area (Å²) in [5.74, 6) is 0.192. The largest absolute Gasteiger partial charge is 0.264 e. The van der Waals surface area contributed by atoms with Crippen molar-refractivity contribution in [2.75, 3.05) is 0 Å². The van der Waals surface area contributed by atoms with Crippen LogP contribution in [0.1, 0.15) is 26.2 Å². The lowest BCUT2D eigenvalue weighted by atomic mass is 9.83. The molecule has 0 aromatic carbocycles. The molecule has 2 atom stereocenters. The van der Waals surface area contributed by atoms with Crippen LogP contribution in [0.2, 0.25) is 0 Å². The summed E-state index contributed by atoms with van der Waals surface area (Å²) < 4.78 is 0. The second kappa shape index (κ2) is 6.94. The lowest BCUT2D eigenvalue weighted by Crippen LogP contribution is -2.12. The molecule has 1 aliphatic carbocycles. The third kappa shape index (κ3) is 2.77. The van der Waals surface area contributed by atoms with Crippen molar-refractivity contribution in [1.29, 1.82) is 10.5 Å². The summed E-state index contributed by atoms with van der Waals surface area (Å²) >= 11 is 0. The van der Waals surface area contributed by atoms with Crippen molar-refractivity contribution >= 4 is 0 Å². The summed E-state index contributed by atoms with van der Waals surface area (Å²) in [7, 11) is 0. The first-order chi connectivity index (χ1) is 9.64. The van der Waals surface area contributed by atoms with Crippen molar-refractivity contribution in [3.63, 3.8) is 0 Å². The Morgan fingerprint density at radius 1 is 1.20 bits per heavy atom. The van der Waals surface area contributed by atoms with Gasteiger partial charge in [-0.2, -0.15) is 0 Å². The third-order valence-electron chi connectivity index (χ3n) is 3.69. The van der Waals surface area contributed by atoms with E-state index >= 15 is 0 Å². The van der Waals surface area contributed by atoms with Crippen molar-refractivity contribution in [2.45, 2.75) is 26.2 Å². The number of nitrogens with zero attached hydrogens (tertiary/aromatic N) is 4. The first kappa shape index (κ1) is 15.2. The van der Waals surface area contributed by atoms with Crippen LogP contribution in [0.4, 0.5) is 0 Å². The molecule has 98 valence electrons. The van der Waals surface area contributed by atoms with E-state index < -0.39 is 0 Å². The molecular weight excluding hydrogens is 248 g/mol. The van der Waals surface area contributed by atoms with Crippen LogP contribution in [0.5, 0.6) is 0 Å². The summed E-state index contributed by atoms with van der Waals surface area (Å²) in [5, 5.41) is 18.2. The van der Waals surface area contributed by atoms with Gasteiger partial charge < -0.3 is 0 Å². The number of allylic oxidation sites excluding steroid dienone is 5. The van der Waals surface area contributed by atoms with Gasteiger partial charge in [0.15, 0.2) is 0 Å². The minimum absolute atomic E-state index is 0.00125. The molecule has 0 aliphatic heterocycles. The van der Waals surface area contributed by atoms with Gasteiger partial charge in [0, 0.05) is 0 Å². The normalized spacial score (nSPS) is 23.2. The summed E-state index contributed by atoms with van der Waals surface area (Å²) in [4.78, 5) is 6.48. The fraction of sp³-hybridized carbons (Fsp3) is 0.375. The maximum atomic E-state index is 9.16. The standard InChI is InChI=1S/C16H14N4/c1-5-12-7-6-8-13(12)16(15(10-18)20-4)11(2)14(9-17)19-3/h5,12-13H,1,6-8H2,2H3/b14-11+,16-15+. The average molecular weight is 262 g/mol.